The molecule has 1 aromatic heterocycles. The summed E-state index contributed by atoms with van der Waals surface area (Å²) in [6.07, 6.45) is 0.951. The molecule has 0 saturated carbocycles. The molecule has 0 aliphatic heterocycles. The molecule has 152 valence electrons. The van der Waals surface area contributed by atoms with Crippen LogP contribution in [0.2, 0.25) is 0 Å². The number of hydrogen-bond donors (Lipinski definition) is 3. The first kappa shape index (κ1) is 20.4. The van der Waals surface area contributed by atoms with Crippen molar-refractivity contribution in [1.29, 1.82) is 0 Å². The van der Waals surface area contributed by atoms with Crippen LogP contribution in [0, 0.1) is 6.92 Å². The monoisotopic (exact) mass is 392 g/mol. The fourth-order valence-corrected chi connectivity index (χ4v) is 3.19. The van der Waals surface area contributed by atoms with Crippen LogP contribution in [-0.2, 0) is 6.54 Å². The van der Waals surface area contributed by atoms with Crippen LogP contribution < -0.4 is 16.0 Å². The number of carbonyl (C=O) groups excluding carboxylic acids is 1. The van der Waals surface area contributed by atoms with Gasteiger partial charge in [-0.2, -0.15) is 0 Å². The predicted octanol–water partition coefficient (Wildman–Crippen LogP) is 2.33. The van der Waals surface area contributed by atoms with Gasteiger partial charge in [-0.3, -0.25) is 9.79 Å². The summed E-state index contributed by atoms with van der Waals surface area (Å²) in [5.74, 6) is 1.69. The van der Waals surface area contributed by atoms with Gasteiger partial charge < -0.3 is 20.5 Å². The summed E-state index contributed by atoms with van der Waals surface area (Å²) in [6, 6.07) is 17.4. The fourth-order valence-electron chi connectivity index (χ4n) is 3.19. The number of hydrogen-bond acceptors (Lipinski definition) is 3. The lowest BCUT2D eigenvalue weighted by Crippen LogP contribution is -2.42. The highest BCUT2D eigenvalue weighted by Crippen LogP contribution is 2.15. The van der Waals surface area contributed by atoms with Crippen molar-refractivity contribution in [3.05, 3.63) is 66.0 Å². The molecule has 1 heterocycles. The number of amides is 1. The zero-order chi connectivity index (χ0) is 20.5. The molecule has 0 atom stereocenters. The zero-order valence-electron chi connectivity index (χ0n) is 17.0. The van der Waals surface area contributed by atoms with E-state index in [-0.39, 0.29) is 5.91 Å². The highest BCUT2D eigenvalue weighted by molar-refractivity contribution is 5.94. The van der Waals surface area contributed by atoms with Crippen LogP contribution in [0.1, 0.15) is 22.6 Å². The van der Waals surface area contributed by atoms with Crippen LogP contribution in [0.15, 0.2) is 59.6 Å². The number of nitrogens with one attached hydrogen (secondary N) is 3. The SMILES string of the molecule is CN=C(NCCCn1c(C)nc2ccccc21)NCCNC(=O)c1ccccc1. The van der Waals surface area contributed by atoms with Gasteiger partial charge in [0.05, 0.1) is 11.0 Å². The average Bonchev–Trinajstić information content (AvgIpc) is 3.08. The number of para-hydroxylation sites is 2. The predicted molar refractivity (Wildman–Crippen MR) is 117 cm³/mol. The van der Waals surface area contributed by atoms with E-state index in [9.17, 15) is 4.79 Å². The van der Waals surface area contributed by atoms with Gasteiger partial charge in [-0.1, -0.05) is 30.3 Å². The summed E-state index contributed by atoms with van der Waals surface area (Å²) < 4.78 is 2.24. The second-order valence-electron chi connectivity index (χ2n) is 6.70. The van der Waals surface area contributed by atoms with E-state index in [1.807, 2.05) is 43.3 Å². The summed E-state index contributed by atoms with van der Waals surface area (Å²) in [4.78, 5) is 20.8. The van der Waals surface area contributed by atoms with Crippen molar-refractivity contribution in [2.24, 2.45) is 4.99 Å². The van der Waals surface area contributed by atoms with Crippen molar-refractivity contribution in [3.63, 3.8) is 0 Å². The summed E-state index contributed by atoms with van der Waals surface area (Å²) in [7, 11) is 1.74. The number of guanidine groups is 1. The van der Waals surface area contributed by atoms with E-state index < -0.39 is 0 Å². The Bertz CT molecular complexity index is 964. The van der Waals surface area contributed by atoms with E-state index in [2.05, 4.69) is 36.6 Å². The van der Waals surface area contributed by atoms with Gasteiger partial charge >= 0.3 is 0 Å². The van der Waals surface area contributed by atoms with Crippen LogP contribution in [0.25, 0.3) is 11.0 Å². The molecule has 7 heteroatoms. The highest BCUT2D eigenvalue weighted by Gasteiger charge is 2.06. The van der Waals surface area contributed by atoms with Crippen molar-refractivity contribution >= 4 is 22.9 Å². The quantitative estimate of drug-likeness (QED) is 0.312. The minimum atomic E-state index is -0.0710. The van der Waals surface area contributed by atoms with E-state index in [0.29, 0.717) is 18.7 Å². The Morgan fingerprint density at radius 2 is 1.66 bits per heavy atom. The standard InChI is InChI=1S/C22H28N6O/c1-17-27-19-11-6-7-12-20(19)28(17)16-8-13-25-22(23-2)26-15-14-24-21(29)18-9-4-3-5-10-18/h3-7,9-12H,8,13-16H2,1-2H3,(H,24,29)(H2,23,25,26). The summed E-state index contributed by atoms with van der Waals surface area (Å²) in [6.45, 7) is 4.85. The van der Waals surface area contributed by atoms with Crippen LogP contribution in [0.5, 0.6) is 0 Å². The molecular weight excluding hydrogens is 364 g/mol. The molecule has 0 spiro atoms. The molecule has 0 aliphatic carbocycles. The third kappa shape index (κ3) is 5.57. The lowest BCUT2D eigenvalue weighted by atomic mass is 10.2. The van der Waals surface area contributed by atoms with Crippen LogP contribution >= 0.6 is 0 Å². The number of aromatic nitrogens is 2. The number of aliphatic imine (C=N–C) groups is 1. The molecule has 0 saturated heterocycles. The molecule has 0 bridgehead atoms. The Morgan fingerprint density at radius 3 is 2.45 bits per heavy atom. The van der Waals surface area contributed by atoms with Gasteiger partial charge in [-0.15, -0.1) is 0 Å². The Labute approximate surface area is 171 Å². The molecule has 0 unspecified atom stereocenters. The second kappa shape index (κ2) is 10.3. The Balaban J connectivity index is 1.36. The van der Waals surface area contributed by atoms with Crippen molar-refractivity contribution in [3.8, 4) is 0 Å². The van der Waals surface area contributed by atoms with E-state index >= 15 is 0 Å². The first-order chi connectivity index (χ1) is 14.2. The number of nitrogens with zero attached hydrogens (tertiary/aromatic N) is 3. The van der Waals surface area contributed by atoms with Crippen molar-refractivity contribution in [1.82, 2.24) is 25.5 Å². The fraction of sp³-hybridized carbons (Fsp3) is 0.318. The first-order valence-corrected chi connectivity index (χ1v) is 9.88. The van der Waals surface area contributed by atoms with Gasteiger partial charge in [0.25, 0.3) is 5.91 Å². The topological polar surface area (TPSA) is 83.3 Å². The summed E-state index contributed by atoms with van der Waals surface area (Å²) in [5.41, 5.74) is 2.87. The molecule has 0 radical (unpaired) electrons. The lowest BCUT2D eigenvalue weighted by molar-refractivity contribution is 0.0954. The Morgan fingerprint density at radius 1 is 0.966 bits per heavy atom. The summed E-state index contributed by atoms with van der Waals surface area (Å²) >= 11 is 0. The normalized spacial score (nSPS) is 11.4. The van der Waals surface area contributed by atoms with Gasteiger partial charge in [0.15, 0.2) is 5.96 Å². The summed E-state index contributed by atoms with van der Waals surface area (Å²) in [5, 5.41) is 9.42. The Kier molecular flexibility index (Phi) is 7.22. The molecule has 29 heavy (non-hydrogen) atoms. The van der Waals surface area contributed by atoms with Gasteiger partial charge in [-0.05, 0) is 37.6 Å². The molecule has 3 aromatic rings. The molecule has 7 nitrogen and oxygen atoms in total. The average molecular weight is 393 g/mol. The number of imidazole rings is 1. The molecule has 0 fully saturated rings. The maximum atomic E-state index is 12.0. The number of rotatable bonds is 8. The molecule has 3 rings (SSSR count). The Hall–Kier alpha value is -3.35. The van der Waals surface area contributed by atoms with E-state index in [1.54, 1.807) is 19.2 Å². The van der Waals surface area contributed by atoms with Crippen LogP contribution in [0.4, 0.5) is 0 Å². The highest BCUT2D eigenvalue weighted by atomic mass is 16.1. The molecule has 2 aromatic carbocycles. The van der Waals surface area contributed by atoms with Crippen molar-refractivity contribution in [2.75, 3.05) is 26.7 Å². The minimum Gasteiger partial charge on any atom is -0.356 e. The van der Waals surface area contributed by atoms with Gasteiger partial charge in [0, 0.05) is 38.8 Å². The number of benzene rings is 2. The molecular formula is C22H28N6O. The van der Waals surface area contributed by atoms with Gasteiger partial charge in [0.2, 0.25) is 0 Å². The van der Waals surface area contributed by atoms with Crippen molar-refractivity contribution < 1.29 is 4.79 Å². The maximum Gasteiger partial charge on any atom is 0.251 e. The molecule has 0 aliphatic rings. The van der Waals surface area contributed by atoms with E-state index in [4.69, 9.17) is 0 Å². The number of carbonyl (C=O) groups is 1. The lowest BCUT2D eigenvalue weighted by Gasteiger charge is -2.13. The number of aryl methyl sites for hydroxylation is 2. The van der Waals surface area contributed by atoms with Crippen LogP contribution in [-0.4, -0.2) is 48.1 Å². The number of fused-ring (bicyclic) bond motifs is 1. The third-order valence-corrected chi connectivity index (χ3v) is 4.66. The first-order valence-electron chi connectivity index (χ1n) is 9.88. The second-order valence-corrected chi connectivity index (χ2v) is 6.70. The minimum absolute atomic E-state index is 0.0710. The smallest absolute Gasteiger partial charge is 0.251 e. The van der Waals surface area contributed by atoms with Crippen molar-refractivity contribution in [2.45, 2.75) is 19.9 Å². The third-order valence-electron chi connectivity index (χ3n) is 4.66. The largest absolute Gasteiger partial charge is 0.356 e. The van der Waals surface area contributed by atoms with Crippen LogP contribution in [0.3, 0.4) is 0 Å². The van der Waals surface area contributed by atoms with Gasteiger partial charge in [0.1, 0.15) is 5.82 Å². The maximum absolute atomic E-state index is 12.0. The molecule has 1 amide bonds. The van der Waals surface area contributed by atoms with E-state index in [0.717, 1.165) is 36.8 Å². The van der Waals surface area contributed by atoms with Gasteiger partial charge in [-0.25, -0.2) is 4.98 Å². The molecule has 3 N–H and O–H groups in total. The zero-order valence-corrected chi connectivity index (χ0v) is 17.0. The van der Waals surface area contributed by atoms with E-state index in [1.165, 1.54) is 5.52 Å².